The standard InChI is InChI=1S/C37H59NO7/c1-20(2)22(5)33(7)15-16-35(9)24-11-12-27-34(8)18-43-19-37(27,25(24)13-14-36(35,10)29(33)31(40)41)17-26(44-23(6)39)30(34)45-32(42)28(38)21(3)4/h13,20-22,24,26-30H,11-12,14-19,38H2,1-10H3,(H,40,41)/t22-,24+,26-,27+,28?,29-,30+,33-,34+,35-,36+,37-/m1/s1. The highest BCUT2D eigenvalue weighted by Gasteiger charge is 2.72. The lowest BCUT2D eigenvalue weighted by Crippen LogP contribution is -2.70. The molecular weight excluding hydrogens is 570 g/mol. The van der Waals surface area contributed by atoms with Crippen molar-refractivity contribution >= 4 is 17.9 Å². The average Bonchev–Trinajstić information content (AvgIpc) is 2.94. The highest BCUT2D eigenvalue weighted by Crippen LogP contribution is 2.75. The Bertz CT molecular complexity index is 1240. The largest absolute Gasteiger partial charge is 0.481 e. The number of fused-ring (bicyclic) bond motifs is 3. The van der Waals surface area contributed by atoms with Gasteiger partial charge in [0.15, 0.2) is 0 Å². The first-order chi connectivity index (χ1) is 20.8. The van der Waals surface area contributed by atoms with Crippen LogP contribution in [0.3, 0.4) is 0 Å². The number of esters is 2. The van der Waals surface area contributed by atoms with Gasteiger partial charge < -0.3 is 25.1 Å². The van der Waals surface area contributed by atoms with Crippen molar-refractivity contribution in [2.45, 2.75) is 126 Å². The van der Waals surface area contributed by atoms with Crippen molar-refractivity contribution in [2.75, 3.05) is 13.2 Å². The van der Waals surface area contributed by atoms with Crippen LogP contribution in [0, 0.1) is 62.6 Å². The third-order valence-electron chi connectivity index (χ3n) is 14.6. The molecule has 2 bridgehead atoms. The quantitative estimate of drug-likeness (QED) is 0.245. The Balaban J connectivity index is 1.59. The van der Waals surface area contributed by atoms with Gasteiger partial charge in [-0.05, 0) is 84.4 Å². The van der Waals surface area contributed by atoms with Crippen molar-refractivity contribution in [3.05, 3.63) is 11.6 Å². The van der Waals surface area contributed by atoms with Crippen molar-refractivity contribution in [3.8, 4) is 0 Å². The Morgan fingerprint density at radius 3 is 2.20 bits per heavy atom. The highest BCUT2D eigenvalue weighted by molar-refractivity contribution is 5.76. The predicted molar refractivity (Wildman–Crippen MR) is 172 cm³/mol. The fourth-order valence-corrected chi connectivity index (χ4v) is 11.6. The first-order valence-electron chi connectivity index (χ1n) is 17.4. The second-order valence-electron chi connectivity index (χ2n) is 17.3. The number of carbonyl (C=O) groups is 3. The lowest BCUT2D eigenvalue weighted by molar-refractivity contribution is -0.263. The summed E-state index contributed by atoms with van der Waals surface area (Å²) in [7, 11) is 0. The molecule has 3 saturated carbocycles. The maximum atomic E-state index is 13.3. The predicted octanol–water partition coefficient (Wildman–Crippen LogP) is 6.40. The maximum Gasteiger partial charge on any atom is 0.323 e. The number of nitrogens with two attached hydrogens (primary N) is 1. The van der Waals surface area contributed by atoms with Crippen LogP contribution in [0.15, 0.2) is 11.6 Å². The number of aliphatic carboxylic acids is 1. The van der Waals surface area contributed by atoms with Gasteiger partial charge in [-0.15, -0.1) is 0 Å². The van der Waals surface area contributed by atoms with Crippen molar-refractivity contribution in [2.24, 2.45) is 68.3 Å². The summed E-state index contributed by atoms with van der Waals surface area (Å²) in [5.74, 6) is -1.06. The van der Waals surface area contributed by atoms with Crippen LogP contribution >= 0.6 is 0 Å². The van der Waals surface area contributed by atoms with Crippen LogP contribution in [0.1, 0.15) is 108 Å². The molecule has 5 aliphatic rings. The molecular formula is C37H59NO7. The summed E-state index contributed by atoms with van der Waals surface area (Å²) in [6.07, 6.45) is 6.03. The van der Waals surface area contributed by atoms with Crippen LogP contribution in [-0.4, -0.2) is 54.5 Å². The summed E-state index contributed by atoms with van der Waals surface area (Å²) in [6, 6.07) is -0.769. The lowest BCUT2D eigenvalue weighted by Gasteiger charge is -2.71. The molecule has 0 aromatic rings. The van der Waals surface area contributed by atoms with Crippen molar-refractivity contribution in [1.29, 1.82) is 0 Å². The van der Waals surface area contributed by atoms with E-state index in [1.165, 1.54) is 12.5 Å². The summed E-state index contributed by atoms with van der Waals surface area (Å²) in [4.78, 5) is 39.1. The van der Waals surface area contributed by atoms with Crippen molar-refractivity contribution in [1.82, 2.24) is 0 Å². The minimum atomic E-state index is -0.769. The first-order valence-corrected chi connectivity index (χ1v) is 17.4. The number of rotatable bonds is 7. The molecule has 12 atom stereocenters. The molecule has 0 spiro atoms. The normalized spacial score (nSPS) is 45.4. The van der Waals surface area contributed by atoms with Gasteiger partial charge in [-0.1, -0.05) is 74.0 Å². The Morgan fingerprint density at radius 2 is 1.62 bits per heavy atom. The van der Waals surface area contributed by atoms with E-state index in [4.69, 9.17) is 19.9 Å². The van der Waals surface area contributed by atoms with E-state index in [0.717, 1.165) is 25.7 Å². The zero-order valence-corrected chi connectivity index (χ0v) is 29.4. The smallest absolute Gasteiger partial charge is 0.323 e. The molecule has 1 unspecified atom stereocenters. The van der Waals surface area contributed by atoms with E-state index < -0.39 is 52.9 Å². The Kier molecular flexibility index (Phi) is 8.68. The number of ether oxygens (including phenoxy) is 3. The lowest BCUT2D eigenvalue weighted by atomic mass is 9.34. The molecule has 0 amide bonds. The first kappa shape index (κ1) is 34.4. The Labute approximate surface area is 270 Å². The minimum Gasteiger partial charge on any atom is -0.481 e. The van der Waals surface area contributed by atoms with E-state index in [-0.39, 0.29) is 39.9 Å². The fraction of sp³-hybridized carbons (Fsp3) is 0.865. The van der Waals surface area contributed by atoms with E-state index in [1.807, 2.05) is 13.8 Å². The molecule has 254 valence electrons. The van der Waals surface area contributed by atoms with Crippen molar-refractivity contribution < 1.29 is 33.7 Å². The second kappa shape index (κ2) is 11.4. The number of carbonyl (C=O) groups excluding carboxylic acids is 2. The fourth-order valence-electron chi connectivity index (χ4n) is 11.6. The van der Waals surface area contributed by atoms with Gasteiger partial charge in [-0.25, -0.2) is 0 Å². The second-order valence-corrected chi connectivity index (χ2v) is 17.3. The van der Waals surface area contributed by atoms with Crippen LogP contribution in [0.2, 0.25) is 0 Å². The van der Waals surface area contributed by atoms with Gasteiger partial charge in [-0.2, -0.15) is 0 Å². The number of allylic oxidation sites excluding steroid dienone is 1. The molecule has 1 saturated heterocycles. The maximum absolute atomic E-state index is 13.3. The van der Waals surface area contributed by atoms with E-state index in [0.29, 0.717) is 32.0 Å². The molecule has 1 aliphatic heterocycles. The molecule has 0 radical (unpaired) electrons. The molecule has 0 aromatic heterocycles. The Morgan fingerprint density at radius 1 is 0.956 bits per heavy atom. The SMILES string of the molecule is CC(=O)O[C@@H]1C[C@]23COC[C@@](C)([C@@H]2CC[C@H]2C3=CC[C@@]3(C)[C@H](C(=O)O)[C@@](C)([C@H](C)C(C)C)CC[C@]23C)[C@H]1OC(=O)C(N)C(C)C. The van der Waals surface area contributed by atoms with Crippen LogP contribution in [0.4, 0.5) is 0 Å². The van der Waals surface area contributed by atoms with Gasteiger partial charge in [0.05, 0.1) is 19.1 Å². The van der Waals surface area contributed by atoms with Gasteiger partial charge in [0.25, 0.3) is 0 Å². The van der Waals surface area contributed by atoms with Crippen LogP contribution in [0.25, 0.3) is 0 Å². The zero-order chi connectivity index (χ0) is 33.5. The van der Waals surface area contributed by atoms with Gasteiger partial charge in [0.2, 0.25) is 0 Å². The molecule has 3 N–H and O–H groups in total. The monoisotopic (exact) mass is 629 g/mol. The third-order valence-corrected chi connectivity index (χ3v) is 14.6. The Hall–Kier alpha value is -1.93. The van der Waals surface area contributed by atoms with E-state index in [1.54, 1.807) is 0 Å². The average molecular weight is 630 g/mol. The molecule has 5 rings (SSSR count). The molecule has 8 nitrogen and oxygen atoms in total. The molecule has 4 fully saturated rings. The third kappa shape index (κ3) is 4.85. The van der Waals surface area contributed by atoms with Crippen LogP contribution in [-0.2, 0) is 28.6 Å². The van der Waals surface area contributed by atoms with Gasteiger partial charge in [-0.3, -0.25) is 14.4 Å². The highest BCUT2D eigenvalue weighted by atomic mass is 16.6. The van der Waals surface area contributed by atoms with E-state index in [9.17, 15) is 19.5 Å². The minimum absolute atomic E-state index is 0.0869. The summed E-state index contributed by atoms with van der Waals surface area (Å²) in [5.41, 5.74) is 5.69. The molecule has 0 aromatic carbocycles. The van der Waals surface area contributed by atoms with Crippen LogP contribution < -0.4 is 5.73 Å². The number of hydrogen-bond donors (Lipinski definition) is 2. The summed E-state index contributed by atoms with van der Waals surface area (Å²) in [6.45, 7) is 21.8. The van der Waals surface area contributed by atoms with Crippen molar-refractivity contribution in [3.63, 3.8) is 0 Å². The molecule has 45 heavy (non-hydrogen) atoms. The van der Waals surface area contributed by atoms with Gasteiger partial charge >= 0.3 is 17.9 Å². The summed E-state index contributed by atoms with van der Waals surface area (Å²) in [5, 5.41) is 10.9. The summed E-state index contributed by atoms with van der Waals surface area (Å²) >= 11 is 0. The molecule has 1 heterocycles. The van der Waals surface area contributed by atoms with E-state index >= 15 is 0 Å². The molecule has 8 heteroatoms. The topological polar surface area (TPSA) is 125 Å². The number of hydrogen-bond acceptors (Lipinski definition) is 7. The van der Waals surface area contributed by atoms with E-state index in [2.05, 4.69) is 54.5 Å². The number of carboxylic acids is 1. The van der Waals surface area contributed by atoms with Crippen LogP contribution in [0.5, 0.6) is 0 Å². The molecule has 4 aliphatic carbocycles. The number of carboxylic acid groups (broad SMARTS) is 1. The summed E-state index contributed by atoms with van der Waals surface area (Å²) < 4.78 is 18.7. The van der Waals surface area contributed by atoms with Gasteiger partial charge in [0, 0.05) is 17.8 Å². The van der Waals surface area contributed by atoms with Gasteiger partial charge in [0.1, 0.15) is 18.2 Å². The zero-order valence-electron chi connectivity index (χ0n) is 29.4.